The summed E-state index contributed by atoms with van der Waals surface area (Å²) in [5.41, 5.74) is 3.61. The molecule has 3 aromatic rings. The molecule has 3 nitrogen and oxygen atoms in total. The van der Waals surface area contributed by atoms with Gasteiger partial charge in [-0.2, -0.15) is 0 Å². The average molecular weight is 225 g/mol. The standard InChI is InChI=1S/C14H11NO2/c1-9-4-2-3-5-11(9)14-12-8-10(16)6-7-13(12)17-15-14/h2-8,16H,1H3. The number of fused-ring (bicyclic) bond motifs is 1. The first-order valence-corrected chi connectivity index (χ1v) is 5.40. The lowest BCUT2D eigenvalue weighted by molar-refractivity contribution is 0.457. The summed E-state index contributed by atoms with van der Waals surface area (Å²) in [6.45, 7) is 2.03. The molecule has 0 saturated carbocycles. The number of rotatable bonds is 1. The van der Waals surface area contributed by atoms with Gasteiger partial charge in [-0.05, 0) is 30.7 Å². The summed E-state index contributed by atoms with van der Waals surface area (Å²) in [4.78, 5) is 0. The van der Waals surface area contributed by atoms with Crippen LogP contribution < -0.4 is 0 Å². The Labute approximate surface area is 98.3 Å². The van der Waals surface area contributed by atoms with Crippen molar-refractivity contribution in [2.75, 3.05) is 0 Å². The molecule has 3 heteroatoms. The molecule has 0 aliphatic heterocycles. The summed E-state index contributed by atoms with van der Waals surface area (Å²) in [6.07, 6.45) is 0. The van der Waals surface area contributed by atoms with Gasteiger partial charge in [0.1, 0.15) is 11.4 Å². The summed E-state index contributed by atoms with van der Waals surface area (Å²) in [7, 11) is 0. The molecule has 0 fully saturated rings. The topological polar surface area (TPSA) is 46.3 Å². The van der Waals surface area contributed by atoms with Crippen LogP contribution in [0.3, 0.4) is 0 Å². The van der Waals surface area contributed by atoms with Crippen molar-refractivity contribution < 1.29 is 9.63 Å². The van der Waals surface area contributed by atoms with E-state index < -0.39 is 0 Å². The molecule has 3 rings (SSSR count). The third kappa shape index (κ3) is 1.56. The van der Waals surface area contributed by atoms with Crippen LogP contribution in [-0.2, 0) is 0 Å². The van der Waals surface area contributed by atoms with Crippen LogP contribution in [0.15, 0.2) is 47.0 Å². The monoisotopic (exact) mass is 225 g/mol. The van der Waals surface area contributed by atoms with E-state index in [4.69, 9.17) is 4.52 Å². The fourth-order valence-electron chi connectivity index (χ4n) is 1.96. The van der Waals surface area contributed by atoms with Crippen molar-refractivity contribution in [1.29, 1.82) is 0 Å². The van der Waals surface area contributed by atoms with E-state index in [0.717, 1.165) is 22.2 Å². The summed E-state index contributed by atoms with van der Waals surface area (Å²) < 4.78 is 5.25. The molecule has 0 bridgehead atoms. The first-order valence-electron chi connectivity index (χ1n) is 5.40. The number of benzene rings is 2. The van der Waals surface area contributed by atoms with Crippen LogP contribution in [0.5, 0.6) is 5.75 Å². The predicted octanol–water partition coefficient (Wildman–Crippen LogP) is 3.51. The lowest BCUT2D eigenvalue weighted by Crippen LogP contribution is -1.82. The van der Waals surface area contributed by atoms with Gasteiger partial charge in [-0.3, -0.25) is 0 Å². The molecule has 0 aliphatic carbocycles. The Morgan fingerprint density at radius 2 is 1.94 bits per heavy atom. The Bertz CT molecular complexity index is 686. The highest BCUT2D eigenvalue weighted by molar-refractivity contribution is 5.93. The van der Waals surface area contributed by atoms with Crippen molar-refractivity contribution in [3.8, 4) is 17.0 Å². The molecule has 84 valence electrons. The first-order chi connectivity index (χ1) is 8.25. The third-order valence-electron chi connectivity index (χ3n) is 2.85. The Hall–Kier alpha value is -2.29. The van der Waals surface area contributed by atoms with Gasteiger partial charge in [0.15, 0.2) is 5.58 Å². The van der Waals surface area contributed by atoms with E-state index in [0.29, 0.717) is 5.58 Å². The van der Waals surface area contributed by atoms with Gasteiger partial charge in [0.05, 0.1) is 5.39 Å². The lowest BCUT2D eigenvalue weighted by Gasteiger charge is -2.01. The van der Waals surface area contributed by atoms with Crippen LogP contribution >= 0.6 is 0 Å². The lowest BCUT2D eigenvalue weighted by atomic mass is 10.0. The minimum absolute atomic E-state index is 0.218. The second-order valence-corrected chi connectivity index (χ2v) is 4.03. The molecule has 1 aromatic heterocycles. The molecule has 0 aliphatic rings. The zero-order valence-corrected chi connectivity index (χ0v) is 9.34. The maximum Gasteiger partial charge on any atom is 0.167 e. The Morgan fingerprint density at radius 1 is 1.12 bits per heavy atom. The highest BCUT2D eigenvalue weighted by Crippen LogP contribution is 2.31. The van der Waals surface area contributed by atoms with Crippen molar-refractivity contribution in [1.82, 2.24) is 5.16 Å². The maximum atomic E-state index is 9.52. The van der Waals surface area contributed by atoms with Crippen molar-refractivity contribution in [2.24, 2.45) is 0 Å². The van der Waals surface area contributed by atoms with E-state index in [1.807, 2.05) is 31.2 Å². The third-order valence-corrected chi connectivity index (χ3v) is 2.85. The number of nitrogens with zero attached hydrogens (tertiary/aromatic N) is 1. The summed E-state index contributed by atoms with van der Waals surface area (Å²) in [5.74, 6) is 0.218. The molecule has 0 radical (unpaired) electrons. The Balaban J connectivity index is 2.31. The van der Waals surface area contributed by atoms with Gasteiger partial charge in [-0.15, -0.1) is 0 Å². The molecular formula is C14H11NO2. The van der Waals surface area contributed by atoms with E-state index in [9.17, 15) is 5.11 Å². The zero-order chi connectivity index (χ0) is 11.8. The normalized spacial score (nSPS) is 10.9. The number of aryl methyl sites for hydroxylation is 1. The predicted molar refractivity (Wildman–Crippen MR) is 65.8 cm³/mol. The van der Waals surface area contributed by atoms with Crippen LogP contribution in [0.2, 0.25) is 0 Å². The number of hydrogen-bond donors (Lipinski definition) is 1. The van der Waals surface area contributed by atoms with Gasteiger partial charge in [0.2, 0.25) is 0 Å². The van der Waals surface area contributed by atoms with Gasteiger partial charge >= 0.3 is 0 Å². The number of hydrogen-bond acceptors (Lipinski definition) is 3. The van der Waals surface area contributed by atoms with Gasteiger partial charge in [0, 0.05) is 5.56 Å². The second-order valence-electron chi connectivity index (χ2n) is 4.03. The molecule has 0 spiro atoms. The summed E-state index contributed by atoms with van der Waals surface area (Å²) in [5, 5.41) is 14.4. The molecule has 1 N–H and O–H groups in total. The average Bonchev–Trinajstić information content (AvgIpc) is 2.72. The molecule has 2 aromatic carbocycles. The molecule has 0 atom stereocenters. The van der Waals surface area contributed by atoms with Crippen LogP contribution in [0, 0.1) is 6.92 Å². The summed E-state index contributed by atoms with van der Waals surface area (Å²) in [6, 6.07) is 13.0. The van der Waals surface area contributed by atoms with Crippen molar-refractivity contribution in [3.05, 3.63) is 48.0 Å². The Kier molecular flexibility index (Phi) is 2.11. The molecule has 1 heterocycles. The van der Waals surface area contributed by atoms with Gasteiger partial charge in [-0.25, -0.2) is 0 Å². The second kappa shape index (κ2) is 3.63. The first kappa shape index (κ1) is 9.90. The number of phenols is 1. The largest absolute Gasteiger partial charge is 0.508 e. The number of aromatic nitrogens is 1. The smallest absolute Gasteiger partial charge is 0.167 e. The van der Waals surface area contributed by atoms with Gasteiger partial charge in [0.25, 0.3) is 0 Å². The van der Waals surface area contributed by atoms with E-state index in [2.05, 4.69) is 5.16 Å². The minimum Gasteiger partial charge on any atom is -0.508 e. The highest BCUT2D eigenvalue weighted by atomic mass is 16.5. The molecule has 0 amide bonds. The zero-order valence-electron chi connectivity index (χ0n) is 9.34. The van der Waals surface area contributed by atoms with Gasteiger partial charge in [-0.1, -0.05) is 29.4 Å². The quantitative estimate of drug-likeness (QED) is 0.689. The van der Waals surface area contributed by atoms with E-state index in [-0.39, 0.29) is 5.75 Å². The van der Waals surface area contributed by atoms with Crippen molar-refractivity contribution in [2.45, 2.75) is 6.92 Å². The Morgan fingerprint density at radius 3 is 2.76 bits per heavy atom. The van der Waals surface area contributed by atoms with E-state index >= 15 is 0 Å². The van der Waals surface area contributed by atoms with E-state index in [1.165, 1.54) is 0 Å². The highest BCUT2D eigenvalue weighted by Gasteiger charge is 2.12. The molecule has 17 heavy (non-hydrogen) atoms. The van der Waals surface area contributed by atoms with Crippen LogP contribution in [-0.4, -0.2) is 10.3 Å². The molecular weight excluding hydrogens is 214 g/mol. The van der Waals surface area contributed by atoms with Crippen molar-refractivity contribution in [3.63, 3.8) is 0 Å². The van der Waals surface area contributed by atoms with Gasteiger partial charge < -0.3 is 9.63 Å². The van der Waals surface area contributed by atoms with Crippen LogP contribution in [0.4, 0.5) is 0 Å². The maximum absolute atomic E-state index is 9.52. The van der Waals surface area contributed by atoms with E-state index in [1.54, 1.807) is 18.2 Å². The van der Waals surface area contributed by atoms with Crippen LogP contribution in [0.1, 0.15) is 5.56 Å². The molecule has 0 saturated heterocycles. The molecule has 0 unspecified atom stereocenters. The van der Waals surface area contributed by atoms with Crippen LogP contribution in [0.25, 0.3) is 22.2 Å². The number of phenolic OH excluding ortho intramolecular Hbond substituents is 1. The number of aromatic hydroxyl groups is 1. The minimum atomic E-state index is 0.218. The fraction of sp³-hybridized carbons (Fsp3) is 0.0714. The summed E-state index contributed by atoms with van der Waals surface area (Å²) >= 11 is 0. The SMILES string of the molecule is Cc1ccccc1-c1noc2ccc(O)cc12. The fourth-order valence-corrected chi connectivity index (χ4v) is 1.96. The van der Waals surface area contributed by atoms with Crippen molar-refractivity contribution >= 4 is 11.0 Å².